The summed E-state index contributed by atoms with van der Waals surface area (Å²) in [5, 5.41) is 0. The van der Waals surface area contributed by atoms with Crippen molar-refractivity contribution in [2.45, 2.75) is 80.9 Å². The van der Waals surface area contributed by atoms with Gasteiger partial charge in [-0.1, -0.05) is 0 Å². The molecule has 0 radical (unpaired) electrons. The van der Waals surface area contributed by atoms with Crippen molar-refractivity contribution in [3.8, 4) is 22.3 Å². The number of hydrogen-bond acceptors (Lipinski definition) is 0. The Kier molecular flexibility index (Phi) is 9.30. The Bertz CT molecular complexity index is 1650. The molecule has 4 aliphatic rings. The molecule has 3 aliphatic carbocycles. The largest absolute Gasteiger partial charge is 0.147 e. The van der Waals surface area contributed by atoms with Crippen molar-refractivity contribution in [1.82, 2.24) is 0 Å². The van der Waals surface area contributed by atoms with Crippen LogP contribution in [0.25, 0.3) is 34.4 Å². The van der Waals surface area contributed by atoms with Crippen LogP contribution in [0.1, 0.15) is 94.1 Å². The second kappa shape index (κ2) is 12.8. The summed E-state index contributed by atoms with van der Waals surface area (Å²) in [6.45, 7) is 9.50. The summed E-state index contributed by atoms with van der Waals surface area (Å²) in [7, 11) is 0. The van der Waals surface area contributed by atoms with Gasteiger partial charge in [0, 0.05) is 0 Å². The minimum atomic E-state index is -3.08. The molecule has 1 heterocycles. The quantitative estimate of drug-likeness (QED) is 0.170. The van der Waals surface area contributed by atoms with Crippen molar-refractivity contribution in [3.63, 3.8) is 0 Å². The van der Waals surface area contributed by atoms with Gasteiger partial charge in [0.05, 0.1) is 0 Å². The molecule has 0 nitrogen and oxygen atoms in total. The van der Waals surface area contributed by atoms with E-state index < -0.39 is 20.0 Å². The van der Waals surface area contributed by atoms with Gasteiger partial charge in [-0.2, -0.15) is 0 Å². The Morgan fingerprint density at radius 3 is 1.33 bits per heavy atom. The molecule has 4 aromatic carbocycles. The van der Waals surface area contributed by atoms with Gasteiger partial charge in [0.1, 0.15) is 0 Å². The van der Waals surface area contributed by atoms with Crippen LogP contribution in [0, 0.1) is 0 Å². The molecule has 8 rings (SSSR count). The van der Waals surface area contributed by atoms with E-state index in [0.717, 1.165) is 20.2 Å². The van der Waals surface area contributed by atoms with Gasteiger partial charge in [-0.15, -0.1) is 24.8 Å². The van der Waals surface area contributed by atoms with Crippen LogP contribution in [0.2, 0.25) is 7.35 Å². The van der Waals surface area contributed by atoms with Crippen LogP contribution in [-0.2, 0) is 32.8 Å². The number of benzene rings is 4. The first-order valence-corrected chi connectivity index (χ1v) is 25.2. The van der Waals surface area contributed by atoms with Gasteiger partial charge in [0.25, 0.3) is 0 Å². The maximum absolute atomic E-state index is 3.08. The molecular weight excluding hydrogens is 754 g/mol. The van der Waals surface area contributed by atoms with Gasteiger partial charge in [-0.05, 0) is 0 Å². The average molecular weight is 800 g/mol. The van der Waals surface area contributed by atoms with E-state index in [4.69, 9.17) is 0 Å². The topological polar surface area (TPSA) is 0 Å². The molecule has 4 atom stereocenters. The van der Waals surface area contributed by atoms with E-state index in [1.807, 2.05) is 0 Å². The van der Waals surface area contributed by atoms with Gasteiger partial charge in [-0.25, -0.2) is 0 Å². The smallest absolute Gasteiger partial charge is 0.147 e. The molecule has 0 bridgehead atoms. The minimum Gasteiger partial charge on any atom is -0.147 e. The van der Waals surface area contributed by atoms with Gasteiger partial charge in [0.2, 0.25) is 0 Å². The zero-order valence-electron chi connectivity index (χ0n) is 27.1. The van der Waals surface area contributed by atoms with Crippen LogP contribution in [0.3, 0.4) is 0 Å². The fraction of sp³-hybridized carbons (Fsp3) is 0.333. The Hall–Kier alpha value is -2.19. The molecule has 0 aromatic heterocycles. The van der Waals surface area contributed by atoms with E-state index >= 15 is 0 Å². The Morgan fingerprint density at radius 1 is 0.556 bits per heavy atom. The first-order valence-electron chi connectivity index (χ1n) is 16.9. The van der Waals surface area contributed by atoms with Crippen molar-refractivity contribution >= 4 is 37.0 Å². The SMILES string of the molecule is CCc1ccc(-c2cccc3c2C=C(C)[CH]3[Hf]2([CH]3C(C)=Cc4c(-c5ccc(CC)cc5)cccc43)[CH]3CCCC[CH]32)cc1.Cl.Cl. The summed E-state index contributed by atoms with van der Waals surface area (Å²) in [4.78, 5) is 0. The van der Waals surface area contributed by atoms with Crippen LogP contribution < -0.4 is 0 Å². The number of fused-ring (bicyclic) bond motifs is 3. The second-order valence-corrected chi connectivity index (χ2v) is 30.5. The molecule has 45 heavy (non-hydrogen) atoms. The van der Waals surface area contributed by atoms with E-state index in [9.17, 15) is 0 Å². The molecule has 0 amide bonds. The predicted molar refractivity (Wildman–Crippen MR) is 196 cm³/mol. The van der Waals surface area contributed by atoms with Crippen LogP contribution >= 0.6 is 24.8 Å². The molecule has 1 aliphatic heterocycles. The summed E-state index contributed by atoms with van der Waals surface area (Å²) < 4.78 is 3.47. The van der Waals surface area contributed by atoms with Gasteiger partial charge in [-0.3, -0.25) is 0 Å². The molecule has 2 fully saturated rings. The van der Waals surface area contributed by atoms with Crippen molar-refractivity contribution in [2.24, 2.45) is 0 Å². The molecule has 3 heteroatoms. The molecule has 0 spiro atoms. The molecule has 1 saturated carbocycles. The number of hydrogen-bond donors (Lipinski definition) is 0. The fourth-order valence-corrected chi connectivity index (χ4v) is 45.5. The van der Waals surface area contributed by atoms with E-state index in [-0.39, 0.29) is 24.8 Å². The Labute approximate surface area is 287 Å². The summed E-state index contributed by atoms with van der Waals surface area (Å²) >= 11 is -3.08. The zero-order valence-corrected chi connectivity index (χ0v) is 32.3. The normalized spacial score (nSPS) is 25.6. The third-order valence-electron chi connectivity index (χ3n) is 11.8. The minimum absolute atomic E-state index is 0. The summed E-state index contributed by atoms with van der Waals surface area (Å²) in [5.41, 5.74) is 18.2. The molecule has 4 unspecified atom stereocenters. The maximum atomic E-state index is 2.62. The van der Waals surface area contributed by atoms with Crippen LogP contribution in [0.4, 0.5) is 0 Å². The first-order chi connectivity index (χ1) is 21.1. The second-order valence-electron chi connectivity index (χ2n) is 13.9. The Balaban J connectivity index is 0.00000179. The third kappa shape index (κ3) is 5.03. The monoisotopic (exact) mass is 800 g/mol. The summed E-state index contributed by atoms with van der Waals surface area (Å²) in [5.74, 6) is 0. The molecule has 232 valence electrons. The fourth-order valence-electron chi connectivity index (χ4n) is 10.0. The molecule has 0 N–H and O–H groups in total. The number of rotatable bonds is 6. The van der Waals surface area contributed by atoms with E-state index in [2.05, 4.69) is 125 Å². The van der Waals surface area contributed by atoms with Crippen molar-refractivity contribution < 1.29 is 20.0 Å². The van der Waals surface area contributed by atoms with E-state index in [1.165, 1.54) is 70.2 Å². The summed E-state index contributed by atoms with van der Waals surface area (Å²) in [6.07, 6.45) is 13.3. The van der Waals surface area contributed by atoms with Crippen molar-refractivity contribution in [2.75, 3.05) is 0 Å². The Morgan fingerprint density at radius 2 is 0.956 bits per heavy atom. The van der Waals surface area contributed by atoms with Gasteiger partial charge < -0.3 is 0 Å². The molecular formula is C42H46Cl2Hf. The van der Waals surface area contributed by atoms with E-state index in [1.54, 1.807) is 22.3 Å². The number of halogens is 2. The van der Waals surface area contributed by atoms with E-state index in [0.29, 0.717) is 7.35 Å². The predicted octanol–water partition coefficient (Wildman–Crippen LogP) is 12.9. The van der Waals surface area contributed by atoms with Crippen LogP contribution in [0.15, 0.2) is 96.1 Å². The van der Waals surface area contributed by atoms with Crippen molar-refractivity contribution in [3.05, 3.63) is 129 Å². The maximum Gasteiger partial charge on any atom is -0.147 e. The number of aryl methyl sites for hydroxylation is 2. The first kappa shape index (κ1) is 32.7. The zero-order chi connectivity index (χ0) is 29.3. The standard InChI is InChI=1S/2C18H17.C6H10.2ClH.Hf/c2*1-3-14-7-9-15(10-8-14)17-6-4-5-16-11-13(2)12-18(16)17;1-2-4-6-5-3-1;;;/h2*4-12H,3H2,1-2H3;1-2H,3-6H2;2*1H;. The third-order valence-corrected chi connectivity index (χ3v) is 37.3. The van der Waals surface area contributed by atoms with Gasteiger partial charge >= 0.3 is 265 Å². The average Bonchev–Trinajstić information content (AvgIpc) is 3.35. The van der Waals surface area contributed by atoms with Crippen molar-refractivity contribution in [1.29, 1.82) is 0 Å². The van der Waals surface area contributed by atoms with Crippen LogP contribution in [0.5, 0.6) is 0 Å². The van der Waals surface area contributed by atoms with Crippen LogP contribution in [-0.4, -0.2) is 0 Å². The molecule has 1 saturated heterocycles. The number of allylic oxidation sites excluding steroid dienone is 2. The molecule has 4 aromatic rings. The van der Waals surface area contributed by atoms with Gasteiger partial charge in [0.15, 0.2) is 0 Å². The summed E-state index contributed by atoms with van der Waals surface area (Å²) in [6, 6.07) is 33.3.